The molecule has 0 heterocycles. The summed E-state index contributed by atoms with van der Waals surface area (Å²) in [5, 5.41) is 0. The molecule has 0 radical (unpaired) electrons. The molecule has 0 amide bonds. The number of anilines is 3. The topological polar surface area (TPSA) is 3.24 Å². The Bertz CT molecular complexity index is 3630. The van der Waals surface area contributed by atoms with Gasteiger partial charge in [0.15, 0.2) is 0 Å². The van der Waals surface area contributed by atoms with E-state index in [1.165, 1.54) is 22.3 Å². The second kappa shape index (κ2) is 16.2. The molecule has 2 unspecified atom stereocenters. The minimum absolute atomic E-state index is 0.281. The van der Waals surface area contributed by atoms with Crippen LogP contribution in [-0.4, -0.2) is 0 Å². The summed E-state index contributed by atoms with van der Waals surface area (Å²) in [7, 11) is 0. The first-order chi connectivity index (χ1) is 35.2. The van der Waals surface area contributed by atoms with Gasteiger partial charge in [-0.2, -0.15) is 0 Å². The maximum absolute atomic E-state index is 15.1. The van der Waals surface area contributed by atoms with Gasteiger partial charge in [-0.3, -0.25) is 0 Å². The fourth-order valence-corrected chi connectivity index (χ4v) is 13.0. The minimum Gasteiger partial charge on any atom is -0.310 e. The van der Waals surface area contributed by atoms with E-state index >= 15 is 8.78 Å². The number of halogens is 2. The van der Waals surface area contributed by atoms with Crippen molar-refractivity contribution in [3.63, 3.8) is 0 Å². The van der Waals surface area contributed by atoms with E-state index in [1.807, 2.05) is 36.4 Å². The maximum Gasteiger partial charge on any atom is 0.123 e. The monoisotopic (exact) mass is 929 g/mol. The van der Waals surface area contributed by atoms with E-state index in [1.54, 1.807) is 24.3 Å². The van der Waals surface area contributed by atoms with Gasteiger partial charge in [0.1, 0.15) is 11.6 Å². The zero-order valence-electron chi connectivity index (χ0n) is 40.1. The largest absolute Gasteiger partial charge is 0.310 e. The summed E-state index contributed by atoms with van der Waals surface area (Å²) in [6.45, 7) is 12.8. The molecule has 2 atom stereocenters. The highest BCUT2D eigenvalue weighted by molar-refractivity contribution is 5.95. The van der Waals surface area contributed by atoms with Gasteiger partial charge >= 0.3 is 0 Å². The first kappa shape index (κ1) is 43.4. The third-order valence-corrected chi connectivity index (χ3v) is 16.1. The summed E-state index contributed by atoms with van der Waals surface area (Å²) in [6, 6.07) is 78.2. The Hall–Kier alpha value is -8.66. The summed E-state index contributed by atoms with van der Waals surface area (Å²) in [5.41, 5.74) is 21.2. The maximum atomic E-state index is 15.1. The molecule has 0 aromatic heterocycles. The van der Waals surface area contributed by atoms with E-state index in [0.29, 0.717) is 0 Å². The SMILES string of the molecule is C=Cc1ccc(C2(c3ccc(F)cc3)c3ccccc3-c3ccc(N(c4ccc5c(c4)C(c4ccc(F)cc4)(c4ccc(C=C)cc4)c4ccccc4-5)c4cccc5c4C(C)(C)c4ccccc4-5)cc32)cc1. The molecular weight excluding hydrogens is 881 g/mol. The van der Waals surface area contributed by atoms with Gasteiger partial charge in [0.05, 0.1) is 16.5 Å². The molecular formula is C69H49F2N. The van der Waals surface area contributed by atoms with Crippen LogP contribution >= 0.6 is 0 Å². The van der Waals surface area contributed by atoms with Crippen molar-refractivity contribution in [2.24, 2.45) is 0 Å². The smallest absolute Gasteiger partial charge is 0.123 e. The van der Waals surface area contributed by atoms with Crippen LogP contribution in [0.5, 0.6) is 0 Å². The van der Waals surface area contributed by atoms with Crippen molar-refractivity contribution in [3.8, 4) is 33.4 Å². The van der Waals surface area contributed by atoms with Crippen molar-refractivity contribution in [1.29, 1.82) is 0 Å². The van der Waals surface area contributed by atoms with Gasteiger partial charge in [0.2, 0.25) is 0 Å². The molecule has 0 saturated heterocycles. The summed E-state index contributed by atoms with van der Waals surface area (Å²) in [5.74, 6) is -0.563. The number of rotatable bonds is 9. The Labute approximate surface area is 420 Å². The molecule has 13 rings (SSSR count). The Morgan fingerprint density at radius 2 is 0.722 bits per heavy atom. The van der Waals surface area contributed by atoms with Crippen LogP contribution < -0.4 is 4.90 Å². The molecule has 344 valence electrons. The molecule has 0 saturated carbocycles. The first-order valence-electron chi connectivity index (χ1n) is 24.7. The van der Waals surface area contributed by atoms with E-state index in [9.17, 15) is 0 Å². The Balaban J connectivity index is 1.13. The molecule has 0 bridgehead atoms. The van der Waals surface area contributed by atoms with Gasteiger partial charge in [-0.05, 0) is 155 Å². The number of fused-ring (bicyclic) bond motifs is 9. The zero-order valence-corrected chi connectivity index (χ0v) is 40.1. The molecule has 3 aliphatic carbocycles. The van der Waals surface area contributed by atoms with Crippen LogP contribution in [0.3, 0.4) is 0 Å². The number of benzene rings is 10. The predicted molar refractivity (Wildman–Crippen MR) is 293 cm³/mol. The fraction of sp³-hybridized carbons (Fsp3) is 0.0725. The molecule has 0 N–H and O–H groups in total. The normalized spacial score (nSPS) is 17.2. The van der Waals surface area contributed by atoms with Crippen LogP contribution in [0.1, 0.15) is 80.6 Å². The number of hydrogen-bond acceptors (Lipinski definition) is 1. The first-order valence-corrected chi connectivity index (χ1v) is 24.7. The van der Waals surface area contributed by atoms with Gasteiger partial charge in [-0.1, -0.05) is 209 Å². The highest BCUT2D eigenvalue weighted by Gasteiger charge is 2.49. The quantitative estimate of drug-likeness (QED) is 0.139. The zero-order chi connectivity index (χ0) is 48.9. The van der Waals surface area contributed by atoms with E-state index in [2.05, 4.69) is 208 Å². The molecule has 72 heavy (non-hydrogen) atoms. The lowest BCUT2D eigenvalue weighted by Gasteiger charge is -2.37. The molecule has 10 aromatic carbocycles. The van der Waals surface area contributed by atoms with Gasteiger partial charge in [-0.15, -0.1) is 0 Å². The lowest BCUT2D eigenvalue weighted by Crippen LogP contribution is -2.29. The van der Waals surface area contributed by atoms with E-state index in [-0.39, 0.29) is 17.0 Å². The molecule has 0 aliphatic heterocycles. The van der Waals surface area contributed by atoms with E-state index < -0.39 is 10.8 Å². The average Bonchev–Trinajstić information content (AvgIpc) is 3.98. The average molecular weight is 930 g/mol. The van der Waals surface area contributed by atoms with E-state index in [0.717, 1.165) is 95.0 Å². The van der Waals surface area contributed by atoms with Crippen molar-refractivity contribution in [2.75, 3.05) is 4.90 Å². The Kier molecular flexibility index (Phi) is 9.76. The molecule has 0 fully saturated rings. The van der Waals surface area contributed by atoms with Crippen LogP contribution in [0.2, 0.25) is 0 Å². The van der Waals surface area contributed by atoms with Crippen molar-refractivity contribution in [1.82, 2.24) is 0 Å². The standard InChI is InChI=1S/C69H49F2N/c1-5-44-22-26-46(27-23-44)68(48-30-34-50(70)35-31-48)61-19-11-8-14-54(61)57-40-38-52(42-63(57)68)72(65-21-13-17-59-56-16-7-10-18-60(56)67(3,4)66(59)65)53-39-41-58-55-15-9-12-20-62(55)69(64(58)43-53,49-32-36-51(71)37-33-49)47-28-24-45(6-2)25-29-47/h5-43H,1-2H2,3-4H3. The molecule has 10 aromatic rings. The van der Waals surface area contributed by atoms with Crippen molar-refractivity contribution < 1.29 is 8.78 Å². The van der Waals surface area contributed by atoms with Crippen molar-refractivity contribution in [2.45, 2.75) is 30.1 Å². The molecule has 3 heteroatoms. The molecule has 0 spiro atoms. The van der Waals surface area contributed by atoms with E-state index in [4.69, 9.17) is 0 Å². The van der Waals surface area contributed by atoms with Crippen LogP contribution in [-0.2, 0) is 16.2 Å². The summed E-state index contributed by atoms with van der Waals surface area (Å²) >= 11 is 0. The summed E-state index contributed by atoms with van der Waals surface area (Å²) in [4.78, 5) is 2.46. The molecule has 3 aliphatic rings. The second-order valence-corrected chi connectivity index (χ2v) is 19.9. The van der Waals surface area contributed by atoms with Gasteiger partial charge in [0.25, 0.3) is 0 Å². The van der Waals surface area contributed by atoms with Crippen LogP contribution in [0, 0.1) is 11.6 Å². The molecule has 1 nitrogen and oxygen atoms in total. The van der Waals surface area contributed by atoms with Gasteiger partial charge in [-0.25, -0.2) is 8.78 Å². The van der Waals surface area contributed by atoms with Crippen LogP contribution in [0.15, 0.2) is 238 Å². The summed E-state index contributed by atoms with van der Waals surface area (Å²) in [6.07, 6.45) is 3.74. The van der Waals surface area contributed by atoms with Crippen LogP contribution in [0.4, 0.5) is 25.8 Å². The highest BCUT2D eigenvalue weighted by atomic mass is 19.1. The van der Waals surface area contributed by atoms with Gasteiger partial charge in [0, 0.05) is 16.8 Å². The van der Waals surface area contributed by atoms with Gasteiger partial charge < -0.3 is 4.90 Å². The number of hydrogen-bond donors (Lipinski definition) is 0. The Morgan fingerprint density at radius 3 is 1.15 bits per heavy atom. The minimum atomic E-state index is -0.802. The lowest BCUT2D eigenvalue weighted by molar-refractivity contribution is 0.624. The number of nitrogens with zero attached hydrogens (tertiary/aromatic N) is 1. The predicted octanol–water partition coefficient (Wildman–Crippen LogP) is 17.8. The Morgan fingerprint density at radius 1 is 0.361 bits per heavy atom. The van der Waals surface area contributed by atoms with Crippen molar-refractivity contribution in [3.05, 3.63) is 316 Å². The highest BCUT2D eigenvalue weighted by Crippen LogP contribution is 2.61. The summed E-state index contributed by atoms with van der Waals surface area (Å²) < 4.78 is 30.1. The third kappa shape index (κ3) is 6.04. The fourth-order valence-electron chi connectivity index (χ4n) is 13.0. The third-order valence-electron chi connectivity index (χ3n) is 16.1. The van der Waals surface area contributed by atoms with Crippen molar-refractivity contribution >= 4 is 29.2 Å². The van der Waals surface area contributed by atoms with Crippen LogP contribution in [0.25, 0.3) is 45.5 Å². The lowest BCUT2D eigenvalue weighted by atomic mass is 9.67. The second-order valence-electron chi connectivity index (χ2n) is 19.9.